The molecule has 3 N–H and O–H groups in total. The molecule has 1 aliphatic heterocycles. The fourth-order valence-corrected chi connectivity index (χ4v) is 8.96. The van der Waals surface area contributed by atoms with Crippen molar-refractivity contribution in [2.75, 3.05) is 6.61 Å². The van der Waals surface area contributed by atoms with Crippen molar-refractivity contribution in [1.29, 1.82) is 0 Å². The summed E-state index contributed by atoms with van der Waals surface area (Å²) in [4.78, 5) is 16.4. The van der Waals surface area contributed by atoms with E-state index < -0.39 is 22.7 Å². The van der Waals surface area contributed by atoms with Crippen molar-refractivity contribution in [3.8, 4) is 0 Å². The van der Waals surface area contributed by atoms with Gasteiger partial charge in [0.25, 0.3) is 0 Å². The number of nitrogens with zero attached hydrogens (tertiary/aromatic N) is 4. The molecule has 1 saturated heterocycles. The van der Waals surface area contributed by atoms with Gasteiger partial charge in [-0.1, -0.05) is 39.7 Å². The Labute approximate surface area is 450 Å². The quantitative estimate of drug-likeness (QED) is 0.104. The summed E-state index contributed by atoms with van der Waals surface area (Å²) in [6.07, 6.45) is 25.7. The maximum absolute atomic E-state index is 11.9. The van der Waals surface area contributed by atoms with Crippen LogP contribution in [0, 0.1) is 45.4 Å². The van der Waals surface area contributed by atoms with E-state index in [2.05, 4.69) is 44.0 Å². The van der Waals surface area contributed by atoms with Crippen LogP contribution in [-0.4, -0.2) is 69.9 Å². The van der Waals surface area contributed by atoms with Gasteiger partial charge in [-0.25, -0.2) is 19.9 Å². The lowest BCUT2D eigenvalue weighted by molar-refractivity contribution is -0.0524. The van der Waals surface area contributed by atoms with Crippen LogP contribution >= 0.6 is 24.8 Å². The monoisotopic (exact) mass is 1110 g/mol. The second-order valence-corrected chi connectivity index (χ2v) is 22.2. The van der Waals surface area contributed by atoms with Crippen LogP contribution in [0.2, 0.25) is 0 Å². The van der Waals surface area contributed by atoms with Gasteiger partial charge < -0.3 is 42.0 Å². The maximum atomic E-state index is 11.9. The zero-order valence-electron chi connectivity index (χ0n) is 45.5. The summed E-state index contributed by atoms with van der Waals surface area (Å²) in [5.74, 6) is 9.23. The zero-order chi connectivity index (χ0) is 53.4. The highest BCUT2D eigenvalue weighted by Crippen LogP contribution is 2.38. The number of rotatable bonds is 6. The van der Waals surface area contributed by atoms with Crippen LogP contribution in [0.3, 0.4) is 0 Å². The molecule has 3 fully saturated rings. The van der Waals surface area contributed by atoms with E-state index in [0.29, 0.717) is 48.2 Å². The Morgan fingerprint density at radius 2 is 1.09 bits per heavy atom. The van der Waals surface area contributed by atoms with Crippen LogP contribution in [-0.2, 0) is 23.6 Å². The Balaban J connectivity index is 0.000000311. The van der Waals surface area contributed by atoms with E-state index in [-0.39, 0.29) is 54.8 Å². The molecule has 4 aliphatic carbocycles. The number of aliphatic hydroxyl groups is 1. The van der Waals surface area contributed by atoms with E-state index in [1.54, 1.807) is 20.0 Å². The Morgan fingerprint density at radius 3 is 1.47 bits per heavy atom. The number of aryl methyl sites for hydroxylation is 4. The van der Waals surface area contributed by atoms with Crippen LogP contribution in [0.4, 0.5) is 13.2 Å². The molecule has 0 amide bonds. The molecule has 4 aromatic rings. The van der Waals surface area contributed by atoms with Crippen LogP contribution in [0.1, 0.15) is 198 Å². The molecule has 0 aromatic carbocycles. The molecule has 5 aliphatic rings. The number of aliphatic hydroxyl groups excluding tert-OH is 1. The van der Waals surface area contributed by atoms with Gasteiger partial charge >= 0.3 is 22.7 Å². The summed E-state index contributed by atoms with van der Waals surface area (Å²) >= 11 is 0. The number of oxazole rings is 4. The molecule has 22 heteroatoms. The van der Waals surface area contributed by atoms with Crippen molar-refractivity contribution in [3.63, 3.8) is 0 Å². The van der Waals surface area contributed by atoms with Gasteiger partial charge in [0.1, 0.15) is 23.0 Å². The third-order valence-electron chi connectivity index (χ3n) is 13.7. The predicted octanol–water partition coefficient (Wildman–Crippen LogP) is 13.1. The van der Waals surface area contributed by atoms with Gasteiger partial charge in [0.15, 0.2) is 29.2 Å². The lowest BCUT2D eigenvalue weighted by atomic mass is 9.82. The summed E-state index contributed by atoms with van der Waals surface area (Å²) in [5.41, 5.74) is 1.78. The number of allylic oxidation sites excluding steroid dienone is 4. The Bertz CT molecular complexity index is 2330. The molecule has 9 rings (SSSR count). The fourth-order valence-electron chi connectivity index (χ4n) is 8.43. The fraction of sp³-hybridized carbons (Fsp3) is 0.692. The minimum Gasteiger partial charge on any atom is -0.450 e. The van der Waals surface area contributed by atoms with Crippen molar-refractivity contribution < 1.29 is 57.9 Å². The summed E-state index contributed by atoms with van der Waals surface area (Å²) in [7, 11) is -5.93. The Hall–Kier alpha value is -3.66. The SMILES string of the molecule is CC1CC=C(OS(=O)(=O)C(F)(F)F)CC1.CCO.Cc1ncc(B2OC(C)(C)C(C)(C)O2)o1.Cc1ncc(C2=CCC(C)CC2)o1.Cc1ncc(C2CCC(C)CC2)o1.Cc1ncc(C2CCC(N)CC2)o1.Cl.Cl. The van der Waals surface area contributed by atoms with Crippen LogP contribution in [0.15, 0.2) is 60.4 Å². The second kappa shape index (κ2) is 30.3. The minimum absolute atomic E-state index is 0. The maximum Gasteiger partial charge on any atom is 0.534 e. The van der Waals surface area contributed by atoms with Crippen LogP contribution in [0.25, 0.3) is 5.57 Å². The molecule has 420 valence electrons. The molecule has 0 bridgehead atoms. The van der Waals surface area contributed by atoms with E-state index in [0.717, 1.165) is 78.9 Å². The number of hydrogen-bond donors (Lipinski definition) is 2. The third-order valence-corrected chi connectivity index (χ3v) is 14.7. The molecular formula is C52H83BCl2F3N5O10S. The van der Waals surface area contributed by atoms with Crippen molar-refractivity contribution in [2.45, 2.75) is 208 Å². The second-order valence-electron chi connectivity index (χ2n) is 20.7. The lowest BCUT2D eigenvalue weighted by Crippen LogP contribution is -2.41. The summed E-state index contributed by atoms with van der Waals surface area (Å²) in [6.45, 7) is 24.0. The third kappa shape index (κ3) is 21.1. The van der Waals surface area contributed by atoms with E-state index >= 15 is 0 Å². The number of alkyl halides is 3. The molecule has 2 unspecified atom stereocenters. The van der Waals surface area contributed by atoms with E-state index in [1.807, 2.05) is 74.0 Å². The first-order valence-corrected chi connectivity index (χ1v) is 26.9. The number of hydrogen-bond acceptors (Lipinski definition) is 15. The van der Waals surface area contributed by atoms with Gasteiger partial charge in [-0.3, -0.25) is 0 Å². The van der Waals surface area contributed by atoms with Crippen molar-refractivity contribution >= 4 is 53.3 Å². The van der Waals surface area contributed by atoms with Gasteiger partial charge in [0, 0.05) is 58.6 Å². The summed E-state index contributed by atoms with van der Waals surface area (Å²) in [5, 5.41) is 7.57. The molecule has 2 atom stereocenters. The number of aromatic nitrogens is 4. The highest BCUT2D eigenvalue weighted by Gasteiger charge is 2.53. The Kier molecular flexibility index (Phi) is 27.2. The first-order chi connectivity index (χ1) is 33.7. The highest BCUT2D eigenvalue weighted by molar-refractivity contribution is 7.87. The van der Waals surface area contributed by atoms with Crippen LogP contribution < -0.4 is 11.4 Å². The molecule has 4 aromatic heterocycles. The molecule has 15 nitrogen and oxygen atoms in total. The van der Waals surface area contributed by atoms with Gasteiger partial charge in [-0.15, -0.1) is 24.8 Å². The van der Waals surface area contributed by atoms with E-state index in [4.69, 9.17) is 37.8 Å². The van der Waals surface area contributed by atoms with Gasteiger partial charge in [-0.05, 0) is 135 Å². The highest BCUT2D eigenvalue weighted by atomic mass is 35.5. The summed E-state index contributed by atoms with van der Waals surface area (Å²) < 4.78 is 94.5. The lowest BCUT2D eigenvalue weighted by Gasteiger charge is -2.32. The van der Waals surface area contributed by atoms with Crippen molar-refractivity contribution in [3.05, 3.63) is 83.5 Å². The number of halogens is 5. The van der Waals surface area contributed by atoms with Crippen LogP contribution in [0.5, 0.6) is 0 Å². The molecule has 0 radical (unpaired) electrons. The molecule has 2 saturated carbocycles. The first kappa shape index (κ1) is 66.5. The zero-order valence-corrected chi connectivity index (χ0v) is 47.9. The van der Waals surface area contributed by atoms with Gasteiger partial charge in [0.05, 0.1) is 36.0 Å². The van der Waals surface area contributed by atoms with Crippen molar-refractivity contribution in [2.24, 2.45) is 23.5 Å². The summed E-state index contributed by atoms with van der Waals surface area (Å²) in [6, 6.07) is 0.403. The van der Waals surface area contributed by atoms with Gasteiger partial charge in [-0.2, -0.15) is 21.6 Å². The van der Waals surface area contributed by atoms with E-state index in [1.165, 1.54) is 50.2 Å². The average molecular weight is 1110 g/mol. The normalized spacial score (nSPS) is 24.0. The first-order valence-electron chi connectivity index (χ1n) is 25.5. The topological polar surface area (TPSA) is 212 Å². The molecule has 5 heterocycles. The largest absolute Gasteiger partial charge is 0.534 e. The average Bonchev–Trinajstić information content (AvgIpc) is 4.17. The predicted molar refractivity (Wildman–Crippen MR) is 286 cm³/mol. The Morgan fingerprint density at radius 1 is 0.662 bits per heavy atom. The van der Waals surface area contributed by atoms with Gasteiger partial charge in [0.2, 0.25) is 0 Å². The van der Waals surface area contributed by atoms with E-state index in [9.17, 15) is 21.6 Å². The molecule has 0 spiro atoms. The molecular weight excluding hydrogens is 1030 g/mol. The standard InChI is InChI=1S/C11H17NO.C11H15NO.C10H16BNO3.C10H16N2O.C8H11F3O3S.C2H6O.2ClH/c2*1-8-3-5-10(6-4-8)11-7-12-9(2)13-11;1-7-12-6-8(13-7)11-14-9(2,3)10(4,5)15-11;1-7-12-6-10(13-7)8-2-4-9(11)5-3-8;1-6-2-4-7(5-3-6)14-15(12,13)8(9,10)11;1-2-3;;/h7-8,10H,3-6H2,1-2H3;5,7-8H,3-4,6H2,1-2H3;6H,1-5H3;6,8-9H,2-5,11H2,1H3;4,6H,2-3,5H2,1H3;3H,2H2,1H3;2*1H. The molecule has 74 heavy (non-hydrogen) atoms. The smallest absolute Gasteiger partial charge is 0.450 e. The number of nitrogens with two attached hydrogens (primary N) is 1. The van der Waals surface area contributed by atoms with Crippen molar-refractivity contribution in [1.82, 2.24) is 19.9 Å². The minimum atomic E-state index is -5.48.